The molecule has 5 heteroatoms. The quantitative estimate of drug-likeness (QED) is 0.893. The minimum absolute atomic E-state index is 0. The lowest BCUT2D eigenvalue weighted by molar-refractivity contribution is -0.117. The Morgan fingerprint density at radius 2 is 2.10 bits per heavy atom. The monoisotopic (exact) mass is 314 g/mol. The van der Waals surface area contributed by atoms with Gasteiger partial charge >= 0.3 is 0 Å². The molecule has 1 unspecified atom stereocenters. The predicted molar refractivity (Wildman–Crippen MR) is 86.4 cm³/mol. The highest BCUT2D eigenvalue weighted by molar-refractivity contribution is 5.91. The molecule has 1 amide bonds. The Labute approximate surface area is 132 Å². The minimum atomic E-state index is -0.322. The molecule has 2 rings (SSSR count). The van der Waals surface area contributed by atoms with E-state index in [0.717, 1.165) is 31.5 Å². The van der Waals surface area contributed by atoms with E-state index >= 15 is 0 Å². The number of aryl methyl sites for hydroxylation is 1. The zero-order valence-corrected chi connectivity index (χ0v) is 13.4. The van der Waals surface area contributed by atoms with Crippen LogP contribution in [0.15, 0.2) is 18.2 Å². The zero-order valence-electron chi connectivity index (χ0n) is 12.6. The van der Waals surface area contributed by atoms with Gasteiger partial charge in [-0.1, -0.05) is 13.0 Å². The molecule has 1 aliphatic rings. The highest BCUT2D eigenvalue weighted by Crippen LogP contribution is 2.25. The molecule has 1 aromatic carbocycles. The molecule has 2 N–H and O–H groups in total. The lowest BCUT2D eigenvalue weighted by Crippen LogP contribution is -2.32. The van der Waals surface area contributed by atoms with Crippen LogP contribution in [0.3, 0.4) is 0 Å². The van der Waals surface area contributed by atoms with Crippen LogP contribution < -0.4 is 10.6 Å². The second-order valence-corrected chi connectivity index (χ2v) is 5.78. The molecule has 1 heterocycles. The number of benzene rings is 1. The average molecular weight is 315 g/mol. The summed E-state index contributed by atoms with van der Waals surface area (Å²) >= 11 is 0. The summed E-state index contributed by atoms with van der Waals surface area (Å²) in [4.78, 5) is 12.1. The minimum Gasteiger partial charge on any atom is -0.326 e. The van der Waals surface area contributed by atoms with E-state index in [1.165, 1.54) is 12.1 Å². The first-order valence-corrected chi connectivity index (χ1v) is 7.33. The zero-order chi connectivity index (χ0) is 14.5. The summed E-state index contributed by atoms with van der Waals surface area (Å²) in [5.74, 6) is 0.628. The average Bonchev–Trinajstić information content (AvgIpc) is 2.43. The smallest absolute Gasteiger partial charge is 0.224 e. The van der Waals surface area contributed by atoms with Crippen molar-refractivity contribution in [3.8, 4) is 0 Å². The number of hydrogen-bond acceptors (Lipinski definition) is 2. The van der Waals surface area contributed by atoms with Crippen LogP contribution in [0.2, 0.25) is 0 Å². The second-order valence-electron chi connectivity index (χ2n) is 5.78. The molecule has 3 nitrogen and oxygen atoms in total. The van der Waals surface area contributed by atoms with Crippen molar-refractivity contribution in [2.75, 3.05) is 18.4 Å². The highest BCUT2D eigenvalue weighted by atomic mass is 35.5. The topological polar surface area (TPSA) is 41.1 Å². The first kappa shape index (κ1) is 17.9. The maximum Gasteiger partial charge on any atom is 0.224 e. The number of hydrogen-bond donors (Lipinski definition) is 2. The second kappa shape index (κ2) is 8.35. The van der Waals surface area contributed by atoms with Gasteiger partial charge in [0, 0.05) is 12.1 Å². The van der Waals surface area contributed by atoms with Gasteiger partial charge in [-0.3, -0.25) is 4.79 Å². The van der Waals surface area contributed by atoms with E-state index in [-0.39, 0.29) is 24.1 Å². The van der Waals surface area contributed by atoms with Crippen LogP contribution in [0.4, 0.5) is 10.1 Å². The molecule has 0 saturated carbocycles. The van der Waals surface area contributed by atoms with Gasteiger partial charge in [-0.25, -0.2) is 4.39 Å². The molecule has 0 aromatic heterocycles. The Balaban J connectivity index is 0.00000220. The summed E-state index contributed by atoms with van der Waals surface area (Å²) in [6.07, 6.45) is 2.77. The fourth-order valence-electron chi connectivity index (χ4n) is 2.80. The highest BCUT2D eigenvalue weighted by Gasteiger charge is 2.22. The molecule has 0 bridgehead atoms. The van der Waals surface area contributed by atoms with Gasteiger partial charge < -0.3 is 10.6 Å². The van der Waals surface area contributed by atoms with Crippen molar-refractivity contribution >= 4 is 24.0 Å². The fraction of sp³-hybridized carbons (Fsp3) is 0.562. The first-order chi connectivity index (χ1) is 9.56. The third-order valence-corrected chi connectivity index (χ3v) is 4.17. The van der Waals surface area contributed by atoms with Crippen LogP contribution in [0.25, 0.3) is 0 Å². The van der Waals surface area contributed by atoms with E-state index in [1.807, 2.05) is 6.92 Å². The van der Waals surface area contributed by atoms with E-state index < -0.39 is 0 Å². The number of amides is 1. The Morgan fingerprint density at radius 1 is 1.43 bits per heavy atom. The molecule has 1 saturated heterocycles. The van der Waals surface area contributed by atoms with E-state index in [2.05, 4.69) is 17.6 Å². The van der Waals surface area contributed by atoms with Crippen molar-refractivity contribution in [2.24, 2.45) is 11.8 Å². The van der Waals surface area contributed by atoms with Gasteiger partial charge in [0.2, 0.25) is 5.91 Å². The van der Waals surface area contributed by atoms with Gasteiger partial charge in [-0.05, 0) is 62.4 Å². The predicted octanol–water partition coefficient (Wildman–Crippen LogP) is 3.52. The van der Waals surface area contributed by atoms with Gasteiger partial charge in [0.05, 0.1) is 0 Å². The van der Waals surface area contributed by atoms with Crippen LogP contribution in [-0.2, 0) is 4.79 Å². The Morgan fingerprint density at radius 3 is 2.76 bits per heavy atom. The summed E-state index contributed by atoms with van der Waals surface area (Å²) in [6.45, 7) is 6.08. The van der Waals surface area contributed by atoms with Crippen LogP contribution in [0.1, 0.15) is 31.7 Å². The van der Waals surface area contributed by atoms with Crippen molar-refractivity contribution in [1.29, 1.82) is 0 Å². The molecule has 0 spiro atoms. The number of rotatable bonds is 4. The third kappa shape index (κ3) is 5.29. The van der Waals surface area contributed by atoms with Gasteiger partial charge in [0.1, 0.15) is 5.82 Å². The molecule has 1 aromatic rings. The van der Waals surface area contributed by atoms with Gasteiger partial charge in [0.25, 0.3) is 0 Å². The van der Waals surface area contributed by atoms with E-state index in [1.54, 1.807) is 6.07 Å². The summed E-state index contributed by atoms with van der Waals surface area (Å²) in [7, 11) is 0. The molecular formula is C16H24ClFN2O. The van der Waals surface area contributed by atoms with Gasteiger partial charge in [-0.2, -0.15) is 0 Å². The molecule has 1 atom stereocenters. The van der Waals surface area contributed by atoms with Crippen LogP contribution >= 0.6 is 12.4 Å². The summed E-state index contributed by atoms with van der Waals surface area (Å²) in [5, 5.41) is 6.16. The number of piperidine rings is 1. The molecule has 0 radical (unpaired) electrons. The summed E-state index contributed by atoms with van der Waals surface area (Å²) < 4.78 is 13.2. The fourth-order valence-corrected chi connectivity index (χ4v) is 2.80. The molecule has 0 aliphatic carbocycles. The third-order valence-electron chi connectivity index (χ3n) is 4.17. The summed E-state index contributed by atoms with van der Waals surface area (Å²) in [5.41, 5.74) is 1.46. The van der Waals surface area contributed by atoms with Crippen LogP contribution in [0.5, 0.6) is 0 Å². The number of carbonyl (C=O) groups excluding carboxylic acids is 1. The standard InChI is InChI=1S/C16H23FN2O.ClH/c1-11-3-4-14(17)10-15(11)19-16(20)9-12(2)13-5-7-18-8-6-13;/h3-4,10,12-13,18H,5-9H2,1-2H3,(H,19,20);1H. The van der Waals surface area contributed by atoms with Crippen molar-refractivity contribution in [1.82, 2.24) is 5.32 Å². The summed E-state index contributed by atoms with van der Waals surface area (Å²) in [6, 6.07) is 4.46. The first-order valence-electron chi connectivity index (χ1n) is 7.33. The Hall–Kier alpha value is -1.13. The molecule has 1 fully saturated rings. The van der Waals surface area contributed by atoms with E-state index in [4.69, 9.17) is 0 Å². The van der Waals surface area contributed by atoms with E-state index in [0.29, 0.717) is 23.9 Å². The number of nitrogens with one attached hydrogen (secondary N) is 2. The molecule has 1 aliphatic heterocycles. The van der Waals surface area contributed by atoms with Crippen LogP contribution in [0, 0.1) is 24.6 Å². The Bertz CT molecular complexity index is 475. The van der Waals surface area contributed by atoms with Crippen molar-refractivity contribution in [3.05, 3.63) is 29.6 Å². The molecule has 21 heavy (non-hydrogen) atoms. The number of halogens is 2. The number of carbonyl (C=O) groups is 1. The maximum atomic E-state index is 13.2. The number of anilines is 1. The van der Waals surface area contributed by atoms with Crippen molar-refractivity contribution in [3.63, 3.8) is 0 Å². The lowest BCUT2D eigenvalue weighted by Gasteiger charge is -2.27. The Kier molecular flexibility index (Phi) is 7.12. The lowest BCUT2D eigenvalue weighted by atomic mass is 9.84. The maximum absolute atomic E-state index is 13.2. The largest absolute Gasteiger partial charge is 0.326 e. The van der Waals surface area contributed by atoms with Crippen molar-refractivity contribution < 1.29 is 9.18 Å². The molecule has 118 valence electrons. The SMILES string of the molecule is Cc1ccc(F)cc1NC(=O)CC(C)C1CCNCC1.Cl. The van der Waals surface area contributed by atoms with Gasteiger partial charge in [0.15, 0.2) is 0 Å². The molecular weight excluding hydrogens is 291 g/mol. The van der Waals surface area contributed by atoms with Gasteiger partial charge in [-0.15, -0.1) is 12.4 Å². The normalized spacial score (nSPS) is 16.9. The van der Waals surface area contributed by atoms with E-state index in [9.17, 15) is 9.18 Å². The van der Waals surface area contributed by atoms with Crippen molar-refractivity contribution in [2.45, 2.75) is 33.1 Å². The van der Waals surface area contributed by atoms with Crippen LogP contribution in [-0.4, -0.2) is 19.0 Å².